The lowest BCUT2D eigenvalue weighted by atomic mass is 10.1. The number of oxazole rings is 1. The van der Waals surface area contributed by atoms with Gasteiger partial charge in [0.2, 0.25) is 5.88 Å². The molecule has 2 rings (SSSR count). The molecule has 0 unspecified atom stereocenters. The minimum absolute atomic E-state index is 0.104. The molecule has 0 saturated carbocycles. The van der Waals surface area contributed by atoms with Crippen LogP contribution in [0.1, 0.15) is 24.3 Å². The Morgan fingerprint density at radius 1 is 1.47 bits per heavy atom. The maximum atomic E-state index is 11.7. The van der Waals surface area contributed by atoms with E-state index in [-0.39, 0.29) is 17.7 Å². The van der Waals surface area contributed by atoms with Crippen LogP contribution in [0.4, 0.5) is 10.7 Å². The quantitative estimate of drug-likeness (QED) is 0.857. The average Bonchev–Trinajstić information content (AvgIpc) is 2.86. The molecule has 1 heterocycles. The lowest BCUT2D eigenvalue weighted by molar-refractivity contribution is 0.120. The molecular weight excluding hydrogens is 244 g/mol. The van der Waals surface area contributed by atoms with Gasteiger partial charge < -0.3 is 9.15 Å². The van der Waals surface area contributed by atoms with E-state index in [4.69, 9.17) is 15.6 Å². The maximum absolute atomic E-state index is 11.7. The predicted octanol–water partition coefficient (Wildman–Crippen LogP) is 2.97. The van der Waals surface area contributed by atoms with E-state index < -0.39 is 6.09 Å². The van der Waals surface area contributed by atoms with Gasteiger partial charge in [0.15, 0.2) is 12.1 Å². The van der Waals surface area contributed by atoms with E-state index in [1.54, 1.807) is 6.92 Å². The van der Waals surface area contributed by atoms with E-state index in [0.29, 0.717) is 0 Å². The fourth-order valence-electron chi connectivity index (χ4n) is 1.51. The van der Waals surface area contributed by atoms with Crippen molar-refractivity contribution in [2.75, 3.05) is 5.32 Å². The van der Waals surface area contributed by atoms with Crippen molar-refractivity contribution < 1.29 is 13.9 Å². The number of aromatic nitrogens is 1. The third-order valence-corrected chi connectivity index (χ3v) is 2.47. The van der Waals surface area contributed by atoms with Crippen LogP contribution in [0.2, 0.25) is 0 Å². The second-order valence-corrected chi connectivity index (χ2v) is 3.76. The van der Waals surface area contributed by atoms with Crippen molar-refractivity contribution in [3.63, 3.8) is 0 Å². The first-order chi connectivity index (χ1) is 9.20. The van der Waals surface area contributed by atoms with Crippen LogP contribution in [0.25, 0.3) is 0 Å². The number of hydrogen-bond acceptors (Lipinski definition) is 4. The summed E-state index contributed by atoms with van der Waals surface area (Å²) < 4.78 is 10.2. The van der Waals surface area contributed by atoms with Gasteiger partial charge in [-0.2, -0.15) is 0 Å². The molecule has 5 heteroatoms. The number of ether oxygens (including phenoxy) is 1. The molecule has 0 fully saturated rings. The van der Waals surface area contributed by atoms with E-state index in [1.165, 1.54) is 0 Å². The Morgan fingerprint density at radius 3 is 2.89 bits per heavy atom. The molecule has 0 saturated heterocycles. The summed E-state index contributed by atoms with van der Waals surface area (Å²) in [4.78, 5) is 15.4. The highest BCUT2D eigenvalue weighted by molar-refractivity contribution is 5.84. The Hall–Kier alpha value is -2.74. The Balaban J connectivity index is 1.97. The summed E-state index contributed by atoms with van der Waals surface area (Å²) in [5.41, 5.74) is 1.12. The third kappa shape index (κ3) is 3.13. The van der Waals surface area contributed by atoms with Crippen molar-refractivity contribution in [3.05, 3.63) is 48.0 Å². The second-order valence-electron chi connectivity index (χ2n) is 3.76. The van der Waals surface area contributed by atoms with Gasteiger partial charge in [0.05, 0.1) is 0 Å². The van der Waals surface area contributed by atoms with Gasteiger partial charge in [-0.05, 0) is 18.4 Å². The summed E-state index contributed by atoms with van der Waals surface area (Å²) in [6.45, 7) is 1.78. The molecule has 0 aliphatic rings. The lowest BCUT2D eigenvalue weighted by Gasteiger charge is -2.13. The first-order valence-electron chi connectivity index (χ1n) is 5.63. The van der Waals surface area contributed by atoms with Gasteiger partial charge in [-0.15, -0.1) is 6.42 Å². The van der Waals surface area contributed by atoms with Gasteiger partial charge in [-0.3, -0.25) is 5.32 Å². The molecule has 1 atom stereocenters. The zero-order valence-corrected chi connectivity index (χ0v) is 10.3. The number of amides is 1. The highest BCUT2D eigenvalue weighted by Crippen LogP contribution is 2.18. The summed E-state index contributed by atoms with van der Waals surface area (Å²) in [6.07, 6.45) is 5.33. The largest absolute Gasteiger partial charge is 0.441 e. The van der Waals surface area contributed by atoms with Crippen LogP contribution in [-0.4, -0.2) is 11.1 Å². The first kappa shape index (κ1) is 12.7. The molecule has 0 bridgehead atoms. The van der Waals surface area contributed by atoms with Gasteiger partial charge in [0.25, 0.3) is 0 Å². The number of nitrogens with zero attached hydrogens (tertiary/aromatic N) is 1. The Bertz CT molecular complexity index is 599. The van der Waals surface area contributed by atoms with Gasteiger partial charge in [0.1, 0.15) is 6.10 Å². The number of hydrogen-bond donors (Lipinski definition) is 1. The van der Waals surface area contributed by atoms with Crippen molar-refractivity contribution >= 4 is 12.0 Å². The van der Waals surface area contributed by atoms with Crippen LogP contribution in [0.5, 0.6) is 0 Å². The minimum Gasteiger partial charge on any atom is -0.441 e. The molecule has 5 nitrogen and oxygen atoms in total. The number of carbonyl (C=O) groups excluding carboxylic acids is 1. The van der Waals surface area contributed by atoms with Crippen molar-refractivity contribution in [2.45, 2.75) is 13.0 Å². The number of rotatable bonds is 3. The first-order valence-corrected chi connectivity index (χ1v) is 5.63. The molecule has 0 radical (unpaired) electrons. The van der Waals surface area contributed by atoms with E-state index >= 15 is 0 Å². The molecular formula is C14H12N2O3. The van der Waals surface area contributed by atoms with Gasteiger partial charge in [-0.25, -0.2) is 9.78 Å². The number of terminal acetylenes is 1. The molecule has 0 aliphatic carbocycles. The van der Waals surface area contributed by atoms with Crippen molar-refractivity contribution in [1.29, 1.82) is 0 Å². The molecule has 1 aromatic heterocycles. The highest BCUT2D eigenvalue weighted by Gasteiger charge is 2.14. The summed E-state index contributed by atoms with van der Waals surface area (Å²) >= 11 is 0. The summed E-state index contributed by atoms with van der Waals surface area (Å²) in [6, 6.07) is 9.39. The van der Waals surface area contributed by atoms with Crippen LogP contribution in [-0.2, 0) is 4.74 Å². The van der Waals surface area contributed by atoms with Crippen LogP contribution >= 0.6 is 0 Å². The fraction of sp³-hybridized carbons (Fsp3) is 0.143. The smallest absolute Gasteiger partial charge is 0.414 e. The normalized spacial score (nSPS) is 11.4. The molecule has 1 N–H and O–H groups in total. The molecule has 1 amide bonds. The molecule has 2 aromatic rings. The zero-order chi connectivity index (χ0) is 13.7. The highest BCUT2D eigenvalue weighted by atomic mass is 16.6. The van der Waals surface area contributed by atoms with Crippen molar-refractivity contribution in [3.8, 4) is 12.3 Å². The zero-order valence-electron chi connectivity index (χ0n) is 10.3. The molecule has 96 valence electrons. The topological polar surface area (TPSA) is 64.4 Å². The number of anilines is 1. The summed E-state index contributed by atoms with van der Waals surface area (Å²) in [7, 11) is 0. The Kier molecular flexibility index (Phi) is 3.84. The van der Waals surface area contributed by atoms with E-state index in [2.05, 4.69) is 16.2 Å². The summed E-state index contributed by atoms with van der Waals surface area (Å²) in [5, 5.41) is 2.41. The number of carbonyl (C=O) groups is 1. The average molecular weight is 256 g/mol. The van der Waals surface area contributed by atoms with Crippen molar-refractivity contribution in [2.24, 2.45) is 0 Å². The summed E-state index contributed by atoms with van der Waals surface area (Å²) in [5.74, 6) is 2.40. The van der Waals surface area contributed by atoms with Crippen molar-refractivity contribution in [1.82, 2.24) is 4.98 Å². The van der Waals surface area contributed by atoms with E-state index in [9.17, 15) is 4.79 Å². The molecule has 1 aromatic carbocycles. The van der Waals surface area contributed by atoms with Crippen LogP contribution in [0.15, 0.2) is 41.1 Å². The van der Waals surface area contributed by atoms with Crippen LogP contribution < -0.4 is 5.32 Å². The minimum atomic E-state index is -0.649. The maximum Gasteiger partial charge on any atom is 0.414 e. The van der Waals surface area contributed by atoms with E-state index in [0.717, 1.165) is 12.0 Å². The van der Waals surface area contributed by atoms with Crippen LogP contribution in [0, 0.1) is 12.3 Å². The van der Waals surface area contributed by atoms with Gasteiger partial charge in [-0.1, -0.05) is 30.3 Å². The monoisotopic (exact) mass is 256 g/mol. The number of benzene rings is 1. The molecule has 19 heavy (non-hydrogen) atoms. The van der Waals surface area contributed by atoms with Gasteiger partial charge in [0, 0.05) is 0 Å². The Labute approximate surface area is 110 Å². The van der Waals surface area contributed by atoms with Crippen LogP contribution in [0.3, 0.4) is 0 Å². The predicted molar refractivity (Wildman–Crippen MR) is 69.4 cm³/mol. The van der Waals surface area contributed by atoms with E-state index in [1.807, 2.05) is 30.3 Å². The van der Waals surface area contributed by atoms with Gasteiger partial charge >= 0.3 is 6.09 Å². The standard InChI is InChI=1S/C14H12N2O3/c1-3-12-13(18-9-15-12)16-14(17)19-10(2)11-7-5-4-6-8-11/h1,4-10H,2H3,(H,16,17)/t10-/m1/s1. The lowest BCUT2D eigenvalue weighted by Crippen LogP contribution is -2.16. The SMILES string of the molecule is C#Cc1ncoc1NC(=O)O[C@H](C)c1ccccc1. The second kappa shape index (κ2) is 5.74. The third-order valence-electron chi connectivity index (χ3n) is 2.47. The Morgan fingerprint density at radius 2 is 2.21 bits per heavy atom. The number of nitrogens with one attached hydrogen (secondary N) is 1. The fourth-order valence-corrected chi connectivity index (χ4v) is 1.51. The molecule has 0 aliphatic heterocycles. The molecule has 0 spiro atoms.